The van der Waals surface area contributed by atoms with Gasteiger partial charge in [-0.2, -0.15) is 0 Å². The van der Waals surface area contributed by atoms with E-state index in [4.69, 9.17) is 22.7 Å². The van der Waals surface area contributed by atoms with Crippen LogP contribution in [0.25, 0.3) is 10.9 Å². The van der Waals surface area contributed by atoms with Crippen molar-refractivity contribution in [1.82, 2.24) is 15.0 Å². The van der Waals surface area contributed by atoms with E-state index in [-0.39, 0.29) is 17.6 Å². The number of para-hydroxylation sites is 1. The molecular formula is C16H17ClN6. The molecule has 6 nitrogen and oxygen atoms in total. The molecule has 0 fully saturated rings. The summed E-state index contributed by atoms with van der Waals surface area (Å²) in [5.41, 5.74) is 8.09. The van der Waals surface area contributed by atoms with Crippen LogP contribution in [0.1, 0.15) is 25.1 Å². The van der Waals surface area contributed by atoms with Crippen molar-refractivity contribution in [3.8, 4) is 0 Å². The molecule has 0 radical (unpaired) electrons. The van der Waals surface area contributed by atoms with Crippen LogP contribution in [0.3, 0.4) is 0 Å². The molecule has 5 N–H and O–H groups in total. The molecule has 0 spiro atoms. The Hall–Kier alpha value is -2.60. The molecule has 0 atom stereocenters. The van der Waals surface area contributed by atoms with E-state index in [0.29, 0.717) is 22.1 Å². The predicted octanol–water partition coefficient (Wildman–Crippen LogP) is 3.43. The number of H-pyrrole nitrogens is 1. The van der Waals surface area contributed by atoms with Gasteiger partial charge in [0.1, 0.15) is 18.0 Å². The van der Waals surface area contributed by atoms with Crippen LogP contribution in [-0.2, 0) is 0 Å². The third-order valence-electron chi connectivity index (χ3n) is 3.43. The van der Waals surface area contributed by atoms with Gasteiger partial charge in [0.05, 0.1) is 27.5 Å². The summed E-state index contributed by atoms with van der Waals surface area (Å²) in [5.74, 6) is 0.806. The van der Waals surface area contributed by atoms with Gasteiger partial charge in [0.2, 0.25) is 0 Å². The Labute approximate surface area is 138 Å². The number of rotatable bonds is 4. The highest BCUT2D eigenvalue weighted by Crippen LogP contribution is 2.27. The fourth-order valence-corrected chi connectivity index (χ4v) is 2.65. The standard InChI is InChI=1S/C16H17ClN6/c1-8(2)22-16-12(15(19)20-7-21-16)13(18)11-6-9-4-3-5-10(17)14(9)23-11/h3-8,18,23H,1-2H3,(H3,19,20,21,22). The van der Waals surface area contributed by atoms with E-state index in [1.165, 1.54) is 6.33 Å². The molecule has 2 aromatic heterocycles. The van der Waals surface area contributed by atoms with Crippen molar-refractivity contribution in [2.24, 2.45) is 0 Å². The highest BCUT2D eigenvalue weighted by molar-refractivity contribution is 6.35. The van der Waals surface area contributed by atoms with Crippen LogP contribution in [0.15, 0.2) is 30.6 Å². The lowest BCUT2D eigenvalue weighted by molar-refractivity contribution is 0.885. The molecule has 3 rings (SSSR count). The predicted molar refractivity (Wildman–Crippen MR) is 94.4 cm³/mol. The molecular weight excluding hydrogens is 312 g/mol. The maximum atomic E-state index is 8.53. The van der Waals surface area contributed by atoms with Gasteiger partial charge in [0, 0.05) is 11.4 Å². The van der Waals surface area contributed by atoms with Gasteiger partial charge < -0.3 is 16.0 Å². The average Bonchev–Trinajstić information content (AvgIpc) is 2.92. The first-order valence-electron chi connectivity index (χ1n) is 7.21. The first-order chi connectivity index (χ1) is 11.0. The van der Waals surface area contributed by atoms with Crippen LogP contribution in [0.2, 0.25) is 5.02 Å². The summed E-state index contributed by atoms with van der Waals surface area (Å²) in [6.07, 6.45) is 1.39. The van der Waals surface area contributed by atoms with E-state index in [9.17, 15) is 0 Å². The molecule has 0 aliphatic heterocycles. The molecule has 0 aliphatic carbocycles. The molecule has 0 bridgehead atoms. The zero-order valence-electron chi connectivity index (χ0n) is 12.8. The number of anilines is 2. The van der Waals surface area contributed by atoms with Crippen LogP contribution < -0.4 is 11.1 Å². The monoisotopic (exact) mass is 328 g/mol. The number of nitrogens with two attached hydrogens (primary N) is 1. The fourth-order valence-electron chi connectivity index (χ4n) is 2.42. The number of nitrogens with zero attached hydrogens (tertiary/aromatic N) is 2. The van der Waals surface area contributed by atoms with Crippen molar-refractivity contribution < 1.29 is 0 Å². The molecule has 3 aromatic rings. The Kier molecular flexibility index (Phi) is 3.92. The third-order valence-corrected chi connectivity index (χ3v) is 3.74. The number of fused-ring (bicyclic) bond motifs is 1. The number of benzene rings is 1. The van der Waals surface area contributed by atoms with Gasteiger partial charge in [-0.25, -0.2) is 9.97 Å². The van der Waals surface area contributed by atoms with Crippen molar-refractivity contribution in [3.05, 3.63) is 46.9 Å². The molecule has 2 heterocycles. The molecule has 23 heavy (non-hydrogen) atoms. The third kappa shape index (κ3) is 2.85. The van der Waals surface area contributed by atoms with Gasteiger partial charge in [-0.15, -0.1) is 0 Å². The lowest BCUT2D eigenvalue weighted by atomic mass is 10.1. The Morgan fingerprint density at radius 1 is 1.35 bits per heavy atom. The van der Waals surface area contributed by atoms with Crippen LogP contribution in [0.5, 0.6) is 0 Å². The summed E-state index contributed by atoms with van der Waals surface area (Å²) in [6, 6.07) is 7.65. The Balaban J connectivity index is 2.10. The number of hydrogen-bond acceptors (Lipinski definition) is 5. The summed E-state index contributed by atoms with van der Waals surface area (Å²) in [7, 11) is 0. The van der Waals surface area contributed by atoms with Crippen LogP contribution in [0, 0.1) is 5.41 Å². The van der Waals surface area contributed by atoms with Crippen molar-refractivity contribution in [2.75, 3.05) is 11.1 Å². The van der Waals surface area contributed by atoms with Crippen molar-refractivity contribution in [1.29, 1.82) is 5.41 Å². The van der Waals surface area contributed by atoms with E-state index in [2.05, 4.69) is 20.3 Å². The second-order valence-electron chi connectivity index (χ2n) is 5.54. The first-order valence-corrected chi connectivity index (χ1v) is 7.58. The lowest BCUT2D eigenvalue weighted by Crippen LogP contribution is -2.18. The number of nitrogens with one attached hydrogen (secondary N) is 3. The highest BCUT2D eigenvalue weighted by atomic mass is 35.5. The maximum Gasteiger partial charge on any atom is 0.141 e. The number of hydrogen-bond donors (Lipinski definition) is 4. The normalized spacial score (nSPS) is 11.1. The minimum atomic E-state index is 0.160. The molecule has 0 saturated heterocycles. The van der Waals surface area contributed by atoms with Crippen LogP contribution in [-0.4, -0.2) is 26.7 Å². The van der Waals surface area contributed by atoms with Gasteiger partial charge in [0.15, 0.2) is 0 Å². The Bertz CT molecular complexity index is 883. The number of halogens is 1. The number of aromatic nitrogens is 3. The lowest BCUT2D eigenvalue weighted by Gasteiger charge is -2.14. The maximum absolute atomic E-state index is 8.53. The summed E-state index contributed by atoms with van der Waals surface area (Å²) in [4.78, 5) is 11.4. The van der Waals surface area contributed by atoms with E-state index in [1.807, 2.05) is 32.0 Å². The molecule has 0 aliphatic rings. The fraction of sp³-hybridized carbons (Fsp3) is 0.188. The molecule has 0 unspecified atom stereocenters. The van der Waals surface area contributed by atoms with E-state index < -0.39 is 0 Å². The summed E-state index contributed by atoms with van der Waals surface area (Å²) in [6.45, 7) is 3.99. The zero-order valence-corrected chi connectivity index (χ0v) is 13.6. The second kappa shape index (κ2) is 5.89. The Morgan fingerprint density at radius 3 is 2.83 bits per heavy atom. The van der Waals surface area contributed by atoms with Crippen LogP contribution >= 0.6 is 11.6 Å². The first kappa shape index (κ1) is 15.3. The van der Waals surface area contributed by atoms with Crippen molar-refractivity contribution in [3.63, 3.8) is 0 Å². The minimum absolute atomic E-state index is 0.160. The van der Waals surface area contributed by atoms with Crippen molar-refractivity contribution in [2.45, 2.75) is 19.9 Å². The van der Waals surface area contributed by atoms with Gasteiger partial charge in [-0.1, -0.05) is 23.7 Å². The Morgan fingerprint density at radius 2 is 2.13 bits per heavy atom. The zero-order chi connectivity index (χ0) is 16.6. The molecule has 0 saturated carbocycles. The number of nitrogen functional groups attached to an aromatic ring is 1. The molecule has 0 amide bonds. The molecule has 7 heteroatoms. The topological polar surface area (TPSA) is 103 Å². The summed E-state index contributed by atoms with van der Waals surface area (Å²) < 4.78 is 0. The highest BCUT2D eigenvalue weighted by Gasteiger charge is 2.18. The van der Waals surface area contributed by atoms with E-state index in [0.717, 1.165) is 10.9 Å². The number of aromatic amines is 1. The smallest absolute Gasteiger partial charge is 0.141 e. The SMILES string of the molecule is CC(C)Nc1ncnc(N)c1C(=N)c1cc2cccc(Cl)c2[nH]1. The van der Waals surface area contributed by atoms with Gasteiger partial charge in [-0.3, -0.25) is 5.41 Å². The largest absolute Gasteiger partial charge is 0.383 e. The molecule has 1 aromatic carbocycles. The van der Waals surface area contributed by atoms with Gasteiger partial charge in [-0.05, 0) is 26.0 Å². The average molecular weight is 329 g/mol. The van der Waals surface area contributed by atoms with Crippen molar-refractivity contribution >= 4 is 39.9 Å². The quantitative estimate of drug-likeness (QED) is 0.551. The van der Waals surface area contributed by atoms with Gasteiger partial charge in [0.25, 0.3) is 0 Å². The minimum Gasteiger partial charge on any atom is -0.383 e. The molecule has 118 valence electrons. The van der Waals surface area contributed by atoms with E-state index in [1.54, 1.807) is 6.07 Å². The second-order valence-corrected chi connectivity index (χ2v) is 5.95. The van der Waals surface area contributed by atoms with Crippen LogP contribution in [0.4, 0.5) is 11.6 Å². The van der Waals surface area contributed by atoms with E-state index >= 15 is 0 Å². The summed E-state index contributed by atoms with van der Waals surface area (Å²) in [5, 5.41) is 13.3. The van der Waals surface area contributed by atoms with Gasteiger partial charge >= 0.3 is 0 Å². The summed E-state index contributed by atoms with van der Waals surface area (Å²) >= 11 is 6.19.